The topological polar surface area (TPSA) is 79.8 Å². The van der Waals surface area contributed by atoms with E-state index in [9.17, 15) is 4.79 Å². The van der Waals surface area contributed by atoms with Crippen LogP contribution in [0.25, 0.3) is 0 Å². The highest BCUT2D eigenvalue weighted by molar-refractivity contribution is 9.10. The van der Waals surface area contributed by atoms with E-state index in [4.69, 9.17) is 18.9 Å². The molecule has 0 N–H and O–H groups in total. The summed E-state index contributed by atoms with van der Waals surface area (Å²) in [6, 6.07) is 10.3. The van der Waals surface area contributed by atoms with Crippen molar-refractivity contribution in [1.82, 2.24) is 9.97 Å². The Hall–Kier alpha value is -3.13. The minimum atomic E-state index is -0.547. The normalized spacial score (nSPS) is 12.3. The van der Waals surface area contributed by atoms with Crippen molar-refractivity contribution >= 4 is 21.9 Å². The van der Waals surface area contributed by atoms with Crippen molar-refractivity contribution in [3.05, 3.63) is 70.6 Å². The zero-order chi connectivity index (χ0) is 19.3. The SMILES string of the molecule is O=C(OCc1cc2c(cc1Br)OCCO2)c1cccnc1Oc1cccnc1. The molecule has 2 aromatic heterocycles. The van der Waals surface area contributed by atoms with Gasteiger partial charge in [0.05, 0.1) is 6.20 Å². The summed E-state index contributed by atoms with van der Waals surface area (Å²) >= 11 is 3.47. The van der Waals surface area contributed by atoms with Crippen LogP contribution >= 0.6 is 15.9 Å². The van der Waals surface area contributed by atoms with Crippen molar-refractivity contribution in [3.8, 4) is 23.1 Å². The van der Waals surface area contributed by atoms with Crippen LogP contribution in [0.15, 0.2) is 59.5 Å². The Morgan fingerprint density at radius 1 is 1.11 bits per heavy atom. The number of rotatable bonds is 5. The summed E-state index contributed by atoms with van der Waals surface area (Å²) in [6.07, 6.45) is 4.71. The largest absolute Gasteiger partial charge is 0.486 e. The number of carbonyl (C=O) groups excluding carboxylic acids is 1. The Kier molecular flexibility index (Phi) is 5.38. The minimum Gasteiger partial charge on any atom is -0.486 e. The molecule has 0 unspecified atom stereocenters. The van der Waals surface area contributed by atoms with Crippen LogP contribution in [0.2, 0.25) is 0 Å². The number of fused-ring (bicyclic) bond motifs is 1. The van der Waals surface area contributed by atoms with Gasteiger partial charge in [0.2, 0.25) is 5.88 Å². The van der Waals surface area contributed by atoms with Crippen molar-refractivity contribution in [2.24, 2.45) is 0 Å². The molecular weight excluding hydrogens is 428 g/mol. The molecule has 0 amide bonds. The summed E-state index contributed by atoms with van der Waals surface area (Å²) in [5.41, 5.74) is 0.983. The van der Waals surface area contributed by atoms with E-state index in [0.29, 0.717) is 30.5 Å². The number of halogens is 1. The number of hydrogen-bond donors (Lipinski definition) is 0. The van der Waals surface area contributed by atoms with Gasteiger partial charge >= 0.3 is 5.97 Å². The van der Waals surface area contributed by atoms with E-state index in [-0.39, 0.29) is 18.1 Å². The highest BCUT2D eigenvalue weighted by Crippen LogP contribution is 2.36. The van der Waals surface area contributed by atoms with E-state index in [1.807, 2.05) is 0 Å². The van der Waals surface area contributed by atoms with E-state index >= 15 is 0 Å². The molecule has 0 fully saturated rings. The maximum atomic E-state index is 12.6. The van der Waals surface area contributed by atoms with E-state index in [2.05, 4.69) is 25.9 Å². The molecule has 3 heterocycles. The first-order valence-corrected chi connectivity index (χ1v) is 9.28. The Morgan fingerprint density at radius 2 is 1.89 bits per heavy atom. The zero-order valence-corrected chi connectivity index (χ0v) is 16.2. The van der Waals surface area contributed by atoms with Crippen molar-refractivity contribution in [2.45, 2.75) is 6.61 Å². The van der Waals surface area contributed by atoms with Gasteiger partial charge in [-0.2, -0.15) is 0 Å². The number of benzene rings is 1. The van der Waals surface area contributed by atoms with Crippen LogP contribution in [0, 0.1) is 0 Å². The van der Waals surface area contributed by atoms with Crippen LogP contribution in [-0.2, 0) is 11.3 Å². The van der Waals surface area contributed by atoms with Crippen LogP contribution in [0.4, 0.5) is 0 Å². The fraction of sp³-hybridized carbons (Fsp3) is 0.150. The molecule has 0 spiro atoms. The third-order valence-corrected chi connectivity index (χ3v) is 4.65. The smallest absolute Gasteiger partial charge is 0.344 e. The predicted octanol–water partition coefficient (Wildman–Crippen LogP) is 4.16. The molecule has 8 heteroatoms. The van der Waals surface area contributed by atoms with Crippen LogP contribution in [-0.4, -0.2) is 29.2 Å². The predicted molar refractivity (Wildman–Crippen MR) is 103 cm³/mol. The fourth-order valence-corrected chi connectivity index (χ4v) is 3.02. The second kappa shape index (κ2) is 8.26. The lowest BCUT2D eigenvalue weighted by atomic mass is 10.2. The molecule has 142 valence electrons. The van der Waals surface area contributed by atoms with Gasteiger partial charge in [0, 0.05) is 22.4 Å². The molecule has 0 saturated carbocycles. The van der Waals surface area contributed by atoms with Gasteiger partial charge in [-0.15, -0.1) is 0 Å². The highest BCUT2D eigenvalue weighted by atomic mass is 79.9. The van der Waals surface area contributed by atoms with Crippen LogP contribution < -0.4 is 14.2 Å². The van der Waals surface area contributed by atoms with Crippen molar-refractivity contribution < 1.29 is 23.7 Å². The number of hydrogen-bond acceptors (Lipinski definition) is 7. The van der Waals surface area contributed by atoms with Gasteiger partial charge in [0.1, 0.15) is 31.1 Å². The third kappa shape index (κ3) is 4.07. The molecule has 1 aromatic carbocycles. The lowest BCUT2D eigenvalue weighted by Gasteiger charge is -2.20. The van der Waals surface area contributed by atoms with Gasteiger partial charge in [0.15, 0.2) is 11.5 Å². The van der Waals surface area contributed by atoms with E-state index < -0.39 is 5.97 Å². The number of pyridine rings is 2. The molecule has 4 rings (SSSR count). The molecular formula is C20H15BrN2O5. The molecule has 0 aliphatic carbocycles. The monoisotopic (exact) mass is 442 g/mol. The average Bonchev–Trinajstić information content (AvgIpc) is 2.73. The first kappa shape index (κ1) is 18.2. The van der Waals surface area contributed by atoms with Gasteiger partial charge in [-0.25, -0.2) is 9.78 Å². The van der Waals surface area contributed by atoms with Crippen LogP contribution in [0.5, 0.6) is 23.1 Å². The Balaban J connectivity index is 1.49. The summed E-state index contributed by atoms with van der Waals surface area (Å²) in [6.45, 7) is 1.05. The molecule has 28 heavy (non-hydrogen) atoms. The number of ether oxygens (including phenoxy) is 4. The maximum Gasteiger partial charge on any atom is 0.344 e. The zero-order valence-electron chi connectivity index (χ0n) is 14.6. The van der Waals surface area contributed by atoms with E-state index in [1.54, 1.807) is 48.8 Å². The number of nitrogens with zero attached hydrogens (tertiary/aromatic N) is 2. The molecule has 0 atom stereocenters. The summed E-state index contributed by atoms with van der Waals surface area (Å²) in [4.78, 5) is 20.7. The highest BCUT2D eigenvalue weighted by Gasteiger charge is 2.19. The second-order valence-electron chi connectivity index (χ2n) is 5.81. The first-order valence-electron chi connectivity index (χ1n) is 8.49. The average molecular weight is 443 g/mol. The van der Waals surface area contributed by atoms with Gasteiger partial charge in [-0.3, -0.25) is 4.98 Å². The number of aromatic nitrogens is 2. The molecule has 0 radical (unpaired) electrons. The molecule has 0 bridgehead atoms. The van der Waals surface area contributed by atoms with Gasteiger partial charge in [-0.1, -0.05) is 15.9 Å². The lowest BCUT2D eigenvalue weighted by Crippen LogP contribution is -2.16. The molecule has 1 aliphatic heterocycles. The summed E-state index contributed by atoms with van der Waals surface area (Å²) in [7, 11) is 0. The van der Waals surface area contributed by atoms with E-state index in [0.717, 1.165) is 10.0 Å². The van der Waals surface area contributed by atoms with Gasteiger partial charge in [-0.05, 0) is 36.4 Å². The maximum absolute atomic E-state index is 12.6. The second-order valence-corrected chi connectivity index (χ2v) is 6.66. The molecule has 0 saturated heterocycles. The summed E-state index contributed by atoms with van der Waals surface area (Å²) < 4.78 is 23.0. The van der Waals surface area contributed by atoms with Gasteiger partial charge in [0.25, 0.3) is 0 Å². The van der Waals surface area contributed by atoms with Crippen LogP contribution in [0.1, 0.15) is 15.9 Å². The van der Waals surface area contributed by atoms with E-state index in [1.165, 1.54) is 6.20 Å². The third-order valence-electron chi connectivity index (χ3n) is 3.91. The molecule has 1 aliphatic rings. The summed E-state index contributed by atoms with van der Waals surface area (Å²) in [5, 5.41) is 0. The number of esters is 1. The lowest BCUT2D eigenvalue weighted by molar-refractivity contribution is 0.0467. The first-order chi connectivity index (χ1) is 13.7. The Bertz CT molecular complexity index is 997. The molecule has 3 aromatic rings. The minimum absolute atomic E-state index is 0.0529. The van der Waals surface area contributed by atoms with Crippen molar-refractivity contribution in [3.63, 3.8) is 0 Å². The van der Waals surface area contributed by atoms with Gasteiger partial charge < -0.3 is 18.9 Å². The number of carbonyl (C=O) groups is 1. The van der Waals surface area contributed by atoms with Crippen LogP contribution in [0.3, 0.4) is 0 Å². The fourth-order valence-electron chi connectivity index (χ4n) is 2.58. The Labute approximate surface area is 169 Å². The van der Waals surface area contributed by atoms with Crippen molar-refractivity contribution in [1.29, 1.82) is 0 Å². The standard InChI is InChI=1S/C20H15BrN2O5/c21-16-10-18-17(25-7-8-26-18)9-13(16)12-27-20(24)15-4-2-6-23-19(15)28-14-3-1-5-22-11-14/h1-6,9-11H,7-8,12H2. The summed E-state index contributed by atoms with van der Waals surface area (Å²) in [5.74, 6) is 1.37. The Morgan fingerprint density at radius 3 is 2.68 bits per heavy atom. The quantitative estimate of drug-likeness (QED) is 0.548. The molecule has 7 nitrogen and oxygen atoms in total. The van der Waals surface area contributed by atoms with Crippen molar-refractivity contribution in [2.75, 3.05) is 13.2 Å².